The third-order valence-corrected chi connectivity index (χ3v) is 2.85. The molecule has 0 saturated heterocycles. The van der Waals surface area contributed by atoms with Crippen molar-refractivity contribution in [2.45, 2.75) is 39.0 Å². The summed E-state index contributed by atoms with van der Waals surface area (Å²) in [5.74, 6) is 0. The van der Waals surface area contributed by atoms with E-state index in [4.69, 9.17) is 0 Å². The van der Waals surface area contributed by atoms with Crippen LogP contribution in [0, 0.1) is 0 Å². The van der Waals surface area contributed by atoms with Crippen molar-refractivity contribution in [1.82, 2.24) is 9.55 Å². The average molecular weight is 234 g/mol. The Bertz CT molecular complexity index is 512. The molecule has 2 N–H and O–H groups in total. The molecule has 92 valence electrons. The van der Waals surface area contributed by atoms with Gasteiger partial charge in [-0.1, -0.05) is 0 Å². The fourth-order valence-corrected chi connectivity index (χ4v) is 1.89. The molecule has 0 fully saturated rings. The summed E-state index contributed by atoms with van der Waals surface area (Å²) in [5, 5.41) is 20.0. The van der Waals surface area contributed by atoms with Gasteiger partial charge in [0.25, 0.3) is 0 Å². The van der Waals surface area contributed by atoms with Crippen LogP contribution >= 0.6 is 0 Å². The first-order valence-corrected chi connectivity index (χ1v) is 5.77. The topological polar surface area (TPSA) is 58.3 Å². The van der Waals surface area contributed by atoms with Gasteiger partial charge in [0, 0.05) is 29.9 Å². The van der Waals surface area contributed by atoms with E-state index in [9.17, 15) is 10.2 Å². The minimum atomic E-state index is -0.690. The molecule has 0 atom stereocenters. The van der Waals surface area contributed by atoms with Gasteiger partial charge in [0.2, 0.25) is 0 Å². The molecule has 2 heterocycles. The van der Waals surface area contributed by atoms with Gasteiger partial charge in [-0.2, -0.15) is 0 Å². The fourth-order valence-electron chi connectivity index (χ4n) is 1.89. The number of aliphatic hydroxyl groups is 2. The second kappa shape index (κ2) is 4.47. The predicted octanol–water partition coefficient (Wildman–Crippen LogP) is 1.69. The Labute approximate surface area is 101 Å². The van der Waals surface area contributed by atoms with Gasteiger partial charge in [0.15, 0.2) is 0 Å². The van der Waals surface area contributed by atoms with Crippen molar-refractivity contribution in [3.8, 4) is 0 Å². The SMILES string of the molecule is CC(C)(O)CCn1cc(CO)c2cccnc21. The smallest absolute Gasteiger partial charge is 0.140 e. The van der Waals surface area contributed by atoms with Crippen molar-refractivity contribution < 1.29 is 10.2 Å². The van der Waals surface area contributed by atoms with Crippen molar-refractivity contribution in [2.75, 3.05) is 0 Å². The Balaban J connectivity index is 2.34. The standard InChI is InChI=1S/C13H18N2O2/c1-13(2,17)5-7-15-8-10(9-16)11-4-3-6-14-12(11)15/h3-4,6,8,16-17H,5,7,9H2,1-2H3. The lowest BCUT2D eigenvalue weighted by Gasteiger charge is -2.17. The molecule has 4 nitrogen and oxygen atoms in total. The van der Waals surface area contributed by atoms with Gasteiger partial charge in [-0.3, -0.25) is 0 Å². The second-order valence-corrected chi connectivity index (χ2v) is 4.94. The molecule has 4 heteroatoms. The van der Waals surface area contributed by atoms with E-state index in [1.165, 1.54) is 0 Å². The molecule has 2 rings (SSSR count). The molecule has 0 amide bonds. The van der Waals surface area contributed by atoms with Crippen LogP contribution in [-0.4, -0.2) is 25.4 Å². The van der Waals surface area contributed by atoms with E-state index in [0.717, 1.165) is 16.6 Å². The minimum absolute atomic E-state index is 0.0116. The summed E-state index contributed by atoms with van der Waals surface area (Å²) < 4.78 is 1.98. The summed E-state index contributed by atoms with van der Waals surface area (Å²) in [6.07, 6.45) is 4.30. The van der Waals surface area contributed by atoms with Crippen molar-refractivity contribution >= 4 is 11.0 Å². The van der Waals surface area contributed by atoms with Crippen LogP contribution in [0.2, 0.25) is 0 Å². The highest BCUT2D eigenvalue weighted by atomic mass is 16.3. The molecule has 0 aliphatic carbocycles. The van der Waals surface area contributed by atoms with Gasteiger partial charge in [-0.25, -0.2) is 4.98 Å². The van der Waals surface area contributed by atoms with Gasteiger partial charge in [-0.05, 0) is 32.4 Å². The van der Waals surface area contributed by atoms with Crippen LogP contribution in [0.5, 0.6) is 0 Å². The number of aryl methyl sites for hydroxylation is 1. The zero-order valence-electron chi connectivity index (χ0n) is 10.2. The van der Waals surface area contributed by atoms with E-state index in [2.05, 4.69) is 4.98 Å². The monoisotopic (exact) mass is 234 g/mol. The number of nitrogens with zero attached hydrogens (tertiary/aromatic N) is 2. The third-order valence-electron chi connectivity index (χ3n) is 2.85. The zero-order chi connectivity index (χ0) is 12.5. The summed E-state index contributed by atoms with van der Waals surface area (Å²) >= 11 is 0. The van der Waals surface area contributed by atoms with E-state index in [0.29, 0.717) is 13.0 Å². The van der Waals surface area contributed by atoms with Crippen LogP contribution < -0.4 is 0 Å². The highest BCUT2D eigenvalue weighted by Crippen LogP contribution is 2.20. The number of fused-ring (bicyclic) bond motifs is 1. The Morgan fingerprint density at radius 1 is 1.41 bits per heavy atom. The number of pyridine rings is 1. The first-order valence-electron chi connectivity index (χ1n) is 5.77. The van der Waals surface area contributed by atoms with E-state index in [-0.39, 0.29) is 6.61 Å². The van der Waals surface area contributed by atoms with Crippen molar-refractivity contribution in [1.29, 1.82) is 0 Å². The number of hydrogen-bond donors (Lipinski definition) is 2. The Kier molecular flexibility index (Phi) is 3.17. The van der Waals surface area contributed by atoms with E-state index >= 15 is 0 Å². The lowest BCUT2D eigenvalue weighted by Crippen LogP contribution is -2.20. The molecule has 0 aliphatic rings. The fraction of sp³-hybridized carbons (Fsp3) is 0.462. The molecule has 0 aromatic carbocycles. The molecule has 0 unspecified atom stereocenters. The quantitative estimate of drug-likeness (QED) is 0.846. The molecule has 0 radical (unpaired) electrons. The van der Waals surface area contributed by atoms with Gasteiger partial charge in [-0.15, -0.1) is 0 Å². The molecular formula is C13H18N2O2. The van der Waals surface area contributed by atoms with E-state index < -0.39 is 5.60 Å². The van der Waals surface area contributed by atoms with Gasteiger partial charge in [0.1, 0.15) is 5.65 Å². The number of hydrogen-bond acceptors (Lipinski definition) is 3. The molecule has 2 aromatic heterocycles. The van der Waals surface area contributed by atoms with E-state index in [1.807, 2.05) is 22.9 Å². The van der Waals surface area contributed by atoms with Crippen LogP contribution in [-0.2, 0) is 13.2 Å². The maximum atomic E-state index is 9.73. The maximum absolute atomic E-state index is 9.73. The summed E-state index contributed by atoms with van der Waals surface area (Å²) in [6.45, 7) is 4.28. The summed E-state index contributed by atoms with van der Waals surface area (Å²) in [5.41, 5.74) is 1.05. The van der Waals surface area contributed by atoms with Crippen molar-refractivity contribution in [3.63, 3.8) is 0 Å². The number of rotatable bonds is 4. The van der Waals surface area contributed by atoms with Gasteiger partial charge in [0.05, 0.1) is 12.2 Å². The van der Waals surface area contributed by atoms with E-state index in [1.54, 1.807) is 20.0 Å². The normalized spacial score (nSPS) is 12.2. The highest BCUT2D eigenvalue weighted by molar-refractivity contribution is 5.80. The predicted molar refractivity (Wildman–Crippen MR) is 66.6 cm³/mol. The van der Waals surface area contributed by atoms with Crippen LogP contribution in [0.1, 0.15) is 25.8 Å². The first kappa shape index (κ1) is 12.1. The first-order chi connectivity index (χ1) is 8.01. The van der Waals surface area contributed by atoms with Crippen LogP contribution in [0.25, 0.3) is 11.0 Å². The highest BCUT2D eigenvalue weighted by Gasteiger charge is 2.14. The minimum Gasteiger partial charge on any atom is -0.392 e. The molecule has 0 bridgehead atoms. The molecule has 2 aromatic rings. The van der Waals surface area contributed by atoms with Gasteiger partial charge >= 0.3 is 0 Å². The summed E-state index contributed by atoms with van der Waals surface area (Å²) in [6, 6.07) is 3.82. The van der Waals surface area contributed by atoms with Crippen LogP contribution in [0.3, 0.4) is 0 Å². The third kappa shape index (κ3) is 2.65. The average Bonchev–Trinajstić information content (AvgIpc) is 2.64. The lowest BCUT2D eigenvalue weighted by molar-refractivity contribution is 0.0665. The largest absolute Gasteiger partial charge is 0.392 e. The lowest BCUT2D eigenvalue weighted by atomic mass is 10.1. The molecule has 0 spiro atoms. The maximum Gasteiger partial charge on any atom is 0.140 e. The Morgan fingerprint density at radius 3 is 2.82 bits per heavy atom. The molecule has 0 saturated carbocycles. The van der Waals surface area contributed by atoms with Crippen molar-refractivity contribution in [2.24, 2.45) is 0 Å². The Hall–Kier alpha value is -1.39. The second-order valence-electron chi connectivity index (χ2n) is 4.94. The molecule has 17 heavy (non-hydrogen) atoms. The molecular weight excluding hydrogens is 216 g/mol. The van der Waals surface area contributed by atoms with Crippen LogP contribution in [0.15, 0.2) is 24.5 Å². The summed E-state index contributed by atoms with van der Waals surface area (Å²) in [4.78, 5) is 4.32. The molecule has 0 aliphatic heterocycles. The van der Waals surface area contributed by atoms with Crippen molar-refractivity contribution in [3.05, 3.63) is 30.1 Å². The van der Waals surface area contributed by atoms with Gasteiger partial charge < -0.3 is 14.8 Å². The number of aliphatic hydroxyl groups excluding tert-OH is 1. The zero-order valence-corrected chi connectivity index (χ0v) is 10.2. The van der Waals surface area contributed by atoms with Crippen LogP contribution in [0.4, 0.5) is 0 Å². The number of aromatic nitrogens is 2. The summed E-state index contributed by atoms with van der Waals surface area (Å²) in [7, 11) is 0. The Morgan fingerprint density at radius 2 is 2.18 bits per heavy atom.